The summed E-state index contributed by atoms with van der Waals surface area (Å²) in [5.74, 6) is 4.15. The maximum atomic E-state index is 5.68. The van der Waals surface area contributed by atoms with E-state index in [1.54, 1.807) is 18.9 Å². The molecule has 0 aliphatic heterocycles. The van der Waals surface area contributed by atoms with Crippen molar-refractivity contribution in [1.82, 2.24) is 14.8 Å². The number of fused-ring (bicyclic) bond motifs is 1. The highest BCUT2D eigenvalue weighted by Crippen LogP contribution is 2.34. The number of pyridine rings is 1. The van der Waals surface area contributed by atoms with Crippen LogP contribution in [-0.2, 0) is 7.05 Å². The zero-order chi connectivity index (χ0) is 21.1. The lowest BCUT2D eigenvalue weighted by Crippen LogP contribution is -2.17. The lowest BCUT2D eigenvalue weighted by atomic mass is 10.1. The van der Waals surface area contributed by atoms with Gasteiger partial charge in [-0.25, -0.2) is 0 Å². The Morgan fingerprint density at radius 2 is 1.73 bits per heavy atom. The largest absolute Gasteiger partial charge is 0.497 e. The summed E-state index contributed by atoms with van der Waals surface area (Å²) in [6.45, 7) is 0.400. The van der Waals surface area contributed by atoms with E-state index >= 15 is 0 Å². The van der Waals surface area contributed by atoms with Crippen molar-refractivity contribution in [3.05, 3.63) is 61.1 Å². The molecule has 6 nitrogen and oxygen atoms in total. The number of anilines is 2. The van der Waals surface area contributed by atoms with Gasteiger partial charge in [-0.3, -0.25) is 9.67 Å². The quantitative estimate of drug-likeness (QED) is 0.450. The van der Waals surface area contributed by atoms with Crippen LogP contribution in [-0.4, -0.2) is 35.5 Å². The van der Waals surface area contributed by atoms with Crippen LogP contribution in [0.3, 0.4) is 0 Å². The number of methoxy groups -OCH3 is 2. The number of rotatable bonds is 6. The maximum absolute atomic E-state index is 5.68. The van der Waals surface area contributed by atoms with Crippen LogP contribution in [0.4, 0.5) is 11.4 Å². The molecule has 2 aromatic heterocycles. The Morgan fingerprint density at radius 3 is 2.37 bits per heavy atom. The first-order valence-electron chi connectivity index (χ1n) is 9.44. The van der Waals surface area contributed by atoms with Crippen LogP contribution in [0.1, 0.15) is 0 Å². The first-order chi connectivity index (χ1) is 14.6. The molecule has 0 aliphatic carbocycles. The highest BCUT2D eigenvalue weighted by atomic mass is 16.5. The van der Waals surface area contributed by atoms with E-state index in [-0.39, 0.29) is 0 Å². The van der Waals surface area contributed by atoms with Gasteiger partial charge in [-0.1, -0.05) is 5.92 Å². The minimum Gasteiger partial charge on any atom is -0.497 e. The van der Waals surface area contributed by atoms with Crippen molar-refractivity contribution < 1.29 is 9.47 Å². The molecule has 0 radical (unpaired) electrons. The molecule has 0 amide bonds. The van der Waals surface area contributed by atoms with Crippen molar-refractivity contribution in [1.29, 1.82) is 0 Å². The molecule has 0 aliphatic rings. The second-order valence-electron chi connectivity index (χ2n) is 6.86. The number of benzene rings is 2. The van der Waals surface area contributed by atoms with Crippen LogP contribution >= 0.6 is 0 Å². The topological polar surface area (TPSA) is 52.4 Å². The zero-order valence-corrected chi connectivity index (χ0v) is 17.2. The zero-order valence-electron chi connectivity index (χ0n) is 17.2. The van der Waals surface area contributed by atoms with Crippen LogP contribution in [0.25, 0.3) is 22.0 Å². The number of hydrogen-bond acceptors (Lipinski definition) is 5. The van der Waals surface area contributed by atoms with Gasteiger partial charge in [0.15, 0.2) is 0 Å². The molecule has 4 rings (SSSR count). The third kappa shape index (κ3) is 3.78. The Morgan fingerprint density at radius 1 is 0.967 bits per heavy atom. The van der Waals surface area contributed by atoms with Crippen LogP contribution < -0.4 is 14.4 Å². The van der Waals surface area contributed by atoms with E-state index in [9.17, 15) is 0 Å². The second kappa shape index (κ2) is 8.18. The van der Waals surface area contributed by atoms with Crippen LogP contribution in [0.5, 0.6) is 11.5 Å². The molecule has 0 bridgehead atoms. The Bertz CT molecular complexity index is 1220. The van der Waals surface area contributed by atoms with E-state index < -0.39 is 0 Å². The number of aromatic nitrogens is 3. The fourth-order valence-electron chi connectivity index (χ4n) is 3.39. The van der Waals surface area contributed by atoms with E-state index in [1.165, 1.54) is 0 Å². The number of nitrogens with zero attached hydrogens (tertiary/aromatic N) is 4. The smallest absolute Gasteiger partial charge is 0.124 e. The van der Waals surface area contributed by atoms with Gasteiger partial charge in [-0.2, -0.15) is 5.10 Å². The molecule has 0 saturated carbocycles. The number of terminal acetylenes is 1. The summed E-state index contributed by atoms with van der Waals surface area (Å²) in [6, 6.07) is 13.9. The summed E-state index contributed by atoms with van der Waals surface area (Å²) in [4.78, 5) is 6.65. The molecule has 0 N–H and O–H groups in total. The van der Waals surface area contributed by atoms with E-state index in [4.69, 9.17) is 15.9 Å². The van der Waals surface area contributed by atoms with Crippen molar-refractivity contribution in [2.24, 2.45) is 7.05 Å². The van der Waals surface area contributed by atoms with Gasteiger partial charge >= 0.3 is 0 Å². The van der Waals surface area contributed by atoms with Gasteiger partial charge in [-0.15, -0.1) is 6.42 Å². The molecule has 0 spiro atoms. The average molecular weight is 398 g/mol. The lowest BCUT2D eigenvalue weighted by Gasteiger charge is -2.24. The van der Waals surface area contributed by atoms with Crippen molar-refractivity contribution in [3.8, 4) is 35.0 Å². The molecule has 150 valence electrons. The Kier molecular flexibility index (Phi) is 5.27. The van der Waals surface area contributed by atoms with Gasteiger partial charge < -0.3 is 14.4 Å². The molecule has 2 heterocycles. The average Bonchev–Trinajstić information content (AvgIpc) is 3.22. The Hall–Kier alpha value is -3.98. The van der Waals surface area contributed by atoms with Gasteiger partial charge in [0.25, 0.3) is 0 Å². The monoisotopic (exact) mass is 398 g/mol. The van der Waals surface area contributed by atoms with Crippen molar-refractivity contribution in [3.63, 3.8) is 0 Å². The van der Waals surface area contributed by atoms with E-state index in [1.807, 2.05) is 60.9 Å². The highest BCUT2D eigenvalue weighted by molar-refractivity contribution is 5.87. The van der Waals surface area contributed by atoms with Crippen LogP contribution in [0.2, 0.25) is 0 Å². The van der Waals surface area contributed by atoms with Gasteiger partial charge in [0, 0.05) is 65.5 Å². The summed E-state index contributed by atoms with van der Waals surface area (Å²) in [7, 11) is 5.16. The number of hydrogen-bond donors (Lipinski definition) is 0. The summed E-state index contributed by atoms with van der Waals surface area (Å²) in [6.07, 6.45) is 11.4. The molecule has 30 heavy (non-hydrogen) atoms. The fourth-order valence-corrected chi connectivity index (χ4v) is 3.39. The molecule has 0 atom stereocenters. The third-order valence-corrected chi connectivity index (χ3v) is 4.91. The lowest BCUT2D eigenvalue weighted by molar-refractivity contribution is 0.394. The summed E-state index contributed by atoms with van der Waals surface area (Å²) in [5, 5.41) is 5.27. The standard InChI is InChI=1S/C24H22N4O2/c1-5-8-28(21-11-22(29-3)13-23(12-21)30-4)20-6-7-24-17(10-20)9-18(14-25-24)19-15-26-27(2)16-19/h1,6-7,9-16H,8H2,2-4H3. The van der Waals surface area contributed by atoms with E-state index in [2.05, 4.69) is 28.1 Å². The summed E-state index contributed by atoms with van der Waals surface area (Å²) >= 11 is 0. The van der Waals surface area contributed by atoms with Crippen LogP contribution in [0, 0.1) is 12.3 Å². The Labute approximate surface area is 175 Å². The second-order valence-corrected chi connectivity index (χ2v) is 6.86. The molecule has 2 aromatic carbocycles. The van der Waals surface area contributed by atoms with Crippen molar-refractivity contribution in [2.45, 2.75) is 0 Å². The van der Waals surface area contributed by atoms with Crippen molar-refractivity contribution in [2.75, 3.05) is 25.7 Å². The van der Waals surface area contributed by atoms with Gasteiger partial charge in [0.2, 0.25) is 0 Å². The summed E-state index contributed by atoms with van der Waals surface area (Å²) < 4.78 is 12.6. The minimum absolute atomic E-state index is 0.400. The molecule has 0 saturated heterocycles. The molecule has 0 fully saturated rings. The van der Waals surface area contributed by atoms with Crippen molar-refractivity contribution >= 4 is 22.3 Å². The first-order valence-corrected chi connectivity index (χ1v) is 9.44. The molecule has 4 aromatic rings. The fraction of sp³-hybridized carbons (Fsp3) is 0.167. The SMILES string of the molecule is C#CCN(c1cc(OC)cc(OC)c1)c1ccc2ncc(-c3cnn(C)c3)cc2c1. The Balaban J connectivity index is 1.80. The van der Waals surface area contributed by atoms with Gasteiger partial charge in [0.1, 0.15) is 11.5 Å². The molecular formula is C24H22N4O2. The minimum atomic E-state index is 0.400. The predicted octanol–water partition coefficient (Wildman–Crippen LogP) is 4.42. The van der Waals surface area contributed by atoms with E-state index in [0.717, 1.165) is 33.4 Å². The number of aryl methyl sites for hydroxylation is 1. The van der Waals surface area contributed by atoms with E-state index in [0.29, 0.717) is 18.0 Å². The van der Waals surface area contributed by atoms with Gasteiger partial charge in [-0.05, 0) is 24.3 Å². The summed E-state index contributed by atoms with van der Waals surface area (Å²) in [5.41, 5.74) is 4.80. The highest BCUT2D eigenvalue weighted by Gasteiger charge is 2.13. The molecule has 6 heteroatoms. The molecular weight excluding hydrogens is 376 g/mol. The third-order valence-electron chi connectivity index (χ3n) is 4.91. The normalized spacial score (nSPS) is 10.6. The first kappa shape index (κ1) is 19.3. The molecule has 0 unspecified atom stereocenters. The van der Waals surface area contributed by atoms with Crippen LogP contribution in [0.15, 0.2) is 61.1 Å². The number of ether oxygens (including phenoxy) is 2. The van der Waals surface area contributed by atoms with Gasteiger partial charge in [0.05, 0.1) is 32.5 Å². The predicted molar refractivity (Wildman–Crippen MR) is 119 cm³/mol. The maximum Gasteiger partial charge on any atom is 0.124 e.